The smallest absolute Gasteiger partial charge is 0.182 e. The van der Waals surface area contributed by atoms with Crippen LogP contribution in [-0.2, 0) is 0 Å². The Morgan fingerprint density at radius 2 is 1.89 bits per heavy atom. The lowest BCUT2D eigenvalue weighted by atomic mass is 10.2. The first kappa shape index (κ1) is 15.4. The van der Waals surface area contributed by atoms with E-state index in [0.29, 0.717) is 11.5 Å². The SMILES string of the molecule is C[C@H](Nc1ncnc2nc[nH]c12)c1nc2cccnc2n1-c1ccccc1. The third-order valence-electron chi connectivity index (χ3n) is 4.42. The van der Waals surface area contributed by atoms with E-state index in [2.05, 4.69) is 34.8 Å². The molecule has 1 atom stereocenters. The number of anilines is 1. The average molecular weight is 356 g/mol. The lowest BCUT2D eigenvalue weighted by Crippen LogP contribution is -2.14. The average Bonchev–Trinajstić information content (AvgIpc) is 3.34. The molecule has 0 bridgehead atoms. The van der Waals surface area contributed by atoms with Crippen LogP contribution in [0.2, 0.25) is 0 Å². The maximum Gasteiger partial charge on any atom is 0.182 e. The Balaban J connectivity index is 1.63. The van der Waals surface area contributed by atoms with Crippen molar-refractivity contribution in [1.29, 1.82) is 0 Å². The molecule has 0 unspecified atom stereocenters. The normalized spacial score (nSPS) is 12.5. The van der Waals surface area contributed by atoms with Crippen molar-refractivity contribution in [3.05, 3.63) is 67.1 Å². The molecule has 2 N–H and O–H groups in total. The van der Waals surface area contributed by atoms with Gasteiger partial charge in [-0.3, -0.25) is 4.57 Å². The van der Waals surface area contributed by atoms with Crippen LogP contribution in [0.1, 0.15) is 18.8 Å². The Morgan fingerprint density at radius 3 is 2.78 bits per heavy atom. The van der Waals surface area contributed by atoms with Crippen molar-refractivity contribution < 1.29 is 0 Å². The van der Waals surface area contributed by atoms with Gasteiger partial charge in [-0.2, -0.15) is 0 Å². The quantitative estimate of drug-likeness (QED) is 0.513. The van der Waals surface area contributed by atoms with Crippen molar-refractivity contribution in [2.45, 2.75) is 13.0 Å². The maximum atomic E-state index is 4.82. The number of nitrogens with zero attached hydrogens (tertiary/aromatic N) is 6. The number of para-hydroxylation sites is 1. The van der Waals surface area contributed by atoms with Crippen LogP contribution in [0.5, 0.6) is 0 Å². The molecule has 5 rings (SSSR count). The zero-order chi connectivity index (χ0) is 18.2. The van der Waals surface area contributed by atoms with Gasteiger partial charge in [-0.25, -0.2) is 24.9 Å². The van der Waals surface area contributed by atoms with Gasteiger partial charge in [-0.1, -0.05) is 18.2 Å². The summed E-state index contributed by atoms with van der Waals surface area (Å²) in [5, 5.41) is 3.42. The monoisotopic (exact) mass is 356 g/mol. The maximum absolute atomic E-state index is 4.82. The minimum Gasteiger partial charge on any atom is -0.358 e. The minimum atomic E-state index is -0.124. The molecule has 0 spiro atoms. The number of benzene rings is 1. The lowest BCUT2D eigenvalue weighted by molar-refractivity contribution is 0.767. The van der Waals surface area contributed by atoms with Gasteiger partial charge in [0, 0.05) is 11.9 Å². The largest absolute Gasteiger partial charge is 0.358 e. The van der Waals surface area contributed by atoms with E-state index in [1.54, 1.807) is 12.5 Å². The van der Waals surface area contributed by atoms with Gasteiger partial charge >= 0.3 is 0 Å². The summed E-state index contributed by atoms with van der Waals surface area (Å²) in [6.07, 6.45) is 4.89. The van der Waals surface area contributed by atoms with Crippen LogP contribution in [0.25, 0.3) is 28.0 Å². The minimum absolute atomic E-state index is 0.124. The third-order valence-corrected chi connectivity index (χ3v) is 4.42. The molecule has 0 aliphatic carbocycles. The van der Waals surface area contributed by atoms with Crippen molar-refractivity contribution in [2.75, 3.05) is 5.32 Å². The number of pyridine rings is 1. The zero-order valence-electron chi connectivity index (χ0n) is 14.5. The van der Waals surface area contributed by atoms with Gasteiger partial charge in [0.1, 0.15) is 23.2 Å². The number of H-pyrrole nitrogens is 1. The third kappa shape index (κ3) is 2.58. The van der Waals surface area contributed by atoms with Gasteiger partial charge < -0.3 is 10.3 Å². The van der Waals surface area contributed by atoms with Gasteiger partial charge in [-0.15, -0.1) is 0 Å². The Morgan fingerprint density at radius 1 is 1.00 bits per heavy atom. The fraction of sp³-hybridized carbons (Fsp3) is 0.105. The van der Waals surface area contributed by atoms with Crippen LogP contribution in [0.4, 0.5) is 5.82 Å². The van der Waals surface area contributed by atoms with Crippen LogP contribution in [-0.4, -0.2) is 34.5 Å². The summed E-state index contributed by atoms with van der Waals surface area (Å²) in [4.78, 5) is 25.1. The summed E-state index contributed by atoms with van der Waals surface area (Å²) in [6.45, 7) is 2.05. The molecule has 5 aromatic rings. The van der Waals surface area contributed by atoms with Crippen LogP contribution in [0.15, 0.2) is 61.3 Å². The molecule has 0 aliphatic heterocycles. The summed E-state index contributed by atoms with van der Waals surface area (Å²) in [5.41, 5.74) is 4.07. The van der Waals surface area contributed by atoms with E-state index in [1.165, 1.54) is 6.33 Å². The molecule has 132 valence electrons. The number of aromatic nitrogens is 7. The summed E-state index contributed by atoms with van der Waals surface area (Å²) >= 11 is 0. The molecule has 0 amide bonds. The highest BCUT2D eigenvalue weighted by atomic mass is 15.2. The molecule has 0 fully saturated rings. The van der Waals surface area contributed by atoms with Gasteiger partial charge in [0.15, 0.2) is 17.1 Å². The molecule has 0 aliphatic rings. The van der Waals surface area contributed by atoms with E-state index in [0.717, 1.165) is 28.2 Å². The molecular weight excluding hydrogens is 340 g/mol. The first-order valence-corrected chi connectivity index (χ1v) is 8.60. The predicted octanol–water partition coefficient (Wildman–Crippen LogP) is 3.26. The number of fused-ring (bicyclic) bond motifs is 2. The standard InChI is InChI=1S/C19H16N8/c1-12(25-17-15-16(22-10-21-15)23-11-24-17)18-26-14-8-5-9-20-19(14)27(18)13-6-3-2-4-7-13/h2-12H,1H3,(H2,21,22,23,24,25)/t12-/m0/s1. The Labute approximate surface area is 154 Å². The van der Waals surface area contributed by atoms with E-state index in [4.69, 9.17) is 4.98 Å². The van der Waals surface area contributed by atoms with E-state index in [1.807, 2.05) is 49.4 Å². The van der Waals surface area contributed by atoms with Crippen molar-refractivity contribution in [2.24, 2.45) is 0 Å². The fourth-order valence-corrected chi connectivity index (χ4v) is 3.20. The molecule has 0 saturated heterocycles. The first-order valence-electron chi connectivity index (χ1n) is 8.60. The summed E-state index contributed by atoms with van der Waals surface area (Å²) < 4.78 is 2.07. The van der Waals surface area contributed by atoms with Crippen molar-refractivity contribution in [3.8, 4) is 5.69 Å². The molecule has 4 heterocycles. The van der Waals surface area contributed by atoms with Crippen molar-refractivity contribution >= 4 is 28.1 Å². The highest BCUT2D eigenvalue weighted by molar-refractivity contribution is 5.82. The second-order valence-corrected chi connectivity index (χ2v) is 6.18. The summed E-state index contributed by atoms with van der Waals surface area (Å²) in [5.74, 6) is 1.53. The number of imidazole rings is 2. The number of rotatable bonds is 4. The molecule has 0 radical (unpaired) electrons. The summed E-state index contributed by atoms with van der Waals surface area (Å²) in [6, 6.07) is 13.8. The Bertz CT molecular complexity index is 1220. The van der Waals surface area contributed by atoms with Gasteiger partial charge in [0.05, 0.1) is 12.4 Å². The van der Waals surface area contributed by atoms with Crippen molar-refractivity contribution in [1.82, 2.24) is 34.5 Å². The number of aromatic amines is 1. The van der Waals surface area contributed by atoms with Crippen molar-refractivity contribution in [3.63, 3.8) is 0 Å². The lowest BCUT2D eigenvalue weighted by Gasteiger charge is -2.16. The van der Waals surface area contributed by atoms with E-state index in [-0.39, 0.29) is 6.04 Å². The zero-order valence-corrected chi connectivity index (χ0v) is 14.5. The van der Waals surface area contributed by atoms with Gasteiger partial charge in [0.25, 0.3) is 0 Å². The topological polar surface area (TPSA) is 97.2 Å². The molecule has 27 heavy (non-hydrogen) atoms. The molecular formula is C19H16N8. The number of nitrogens with one attached hydrogen (secondary N) is 2. The fourth-order valence-electron chi connectivity index (χ4n) is 3.20. The molecule has 8 heteroatoms. The Kier molecular flexibility index (Phi) is 3.53. The van der Waals surface area contributed by atoms with Gasteiger partial charge in [0.2, 0.25) is 0 Å². The second-order valence-electron chi connectivity index (χ2n) is 6.18. The van der Waals surface area contributed by atoms with Crippen LogP contribution in [0.3, 0.4) is 0 Å². The second kappa shape index (κ2) is 6.17. The van der Waals surface area contributed by atoms with Crippen LogP contribution in [0, 0.1) is 0 Å². The molecule has 1 aromatic carbocycles. The van der Waals surface area contributed by atoms with Crippen LogP contribution < -0.4 is 5.32 Å². The summed E-state index contributed by atoms with van der Waals surface area (Å²) in [7, 11) is 0. The van der Waals surface area contributed by atoms with E-state index in [9.17, 15) is 0 Å². The molecule has 4 aromatic heterocycles. The number of hydrogen-bond acceptors (Lipinski definition) is 6. The Hall–Kier alpha value is -3.81. The molecule has 0 saturated carbocycles. The number of hydrogen-bond donors (Lipinski definition) is 2. The van der Waals surface area contributed by atoms with E-state index >= 15 is 0 Å². The molecule has 8 nitrogen and oxygen atoms in total. The van der Waals surface area contributed by atoms with E-state index < -0.39 is 0 Å². The van der Waals surface area contributed by atoms with Gasteiger partial charge in [-0.05, 0) is 31.2 Å². The highest BCUT2D eigenvalue weighted by Crippen LogP contribution is 2.27. The first-order chi connectivity index (χ1) is 13.3. The predicted molar refractivity (Wildman–Crippen MR) is 103 cm³/mol. The highest BCUT2D eigenvalue weighted by Gasteiger charge is 2.20. The van der Waals surface area contributed by atoms with Crippen LogP contribution >= 0.6 is 0 Å².